The van der Waals surface area contributed by atoms with Crippen LogP contribution in [0, 0.1) is 11.3 Å². The summed E-state index contributed by atoms with van der Waals surface area (Å²) in [5.74, 6) is 0.789. The average Bonchev–Trinajstić information content (AvgIpc) is 2.35. The summed E-state index contributed by atoms with van der Waals surface area (Å²) in [5, 5.41) is 12.1. The monoisotopic (exact) mass is 220 g/mol. The SMILES string of the molecule is COCCNC(C#N)c1ccc(OC)cc1. The van der Waals surface area contributed by atoms with Crippen LogP contribution in [0.5, 0.6) is 5.75 Å². The summed E-state index contributed by atoms with van der Waals surface area (Å²) in [6.45, 7) is 1.25. The highest BCUT2D eigenvalue weighted by Gasteiger charge is 2.08. The predicted molar refractivity (Wildman–Crippen MR) is 61.2 cm³/mol. The van der Waals surface area contributed by atoms with Crippen LogP contribution in [0.2, 0.25) is 0 Å². The molecule has 1 N–H and O–H groups in total. The number of hydrogen-bond acceptors (Lipinski definition) is 4. The van der Waals surface area contributed by atoms with Crippen LogP contribution in [0.3, 0.4) is 0 Å². The van der Waals surface area contributed by atoms with Crippen molar-refractivity contribution in [3.05, 3.63) is 29.8 Å². The summed E-state index contributed by atoms with van der Waals surface area (Å²) in [4.78, 5) is 0. The average molecular weight is 220 g/mol. The maximum atomic E-state index is 9.02. The molecular formula is C12H16N2O2. The summed E-state index contributed by atoms with van der Waals surface area (Å²) in [7, 11) is 3.25. The van der Waals surface area contributed by atoms with Gasteiger partial charge in [-0.05, 0) is 17.7 Å². The minimum atomic E-state index is -0.305. The minimum absolute atomic E-state index is 0.305. The topological polar surface area (TPSA) is 54.3 Å². The molecule has 0 aliphatic carbocycles. The minimum Gasteiger partial charge on any atom is -0.497 e. The molecule has 86 valence electrons. The van der Waals surface area contributed by atoms with Gasteiger partial charge in [0.15, 0.2) is 0 Å². The van der Waals surface area contributed by atoms with E-state index >= 15 is 0 Å². The van der Waals surface area contributed by atoms with Gasteiger partial charge < -0.3 is 9.47 Å². The van der Waals surface area contributed by atoms with Crippen molar-refractivity contribution in [3.63, 3.8) is 0 Å². The lowest BCUT2D eigenvalue weighted by Crippen LogP contribution is -2.23. The van der Waals surface area contributed by atoms with E-state index in [0.717, 1.165) is 11.3 Å². The van der Waals surface area contributed by atoms with Gasteiger partial charge in [-0.1, -0.05) is 12.1 Å². The lowest BCUT2D eigenvalue weighted by Gasteiger charge is -2.11. The largest absolute Gasteiger partial charge is 0.497 e. The molecule has 0 bridgehead atoms. The molecule has 0 aliphatic heterocycles. The van der Waals surface area contributed by atoms with E-state index in [1.54, 1.807) is 14.2 Å². The first-order chi connectivity index (χ1) is 7.81. The number of nitrogens with zero attached hydrogens (tertiary/aromatic N) is 1. The number of hydrogen-bond donors (Lipinski definition) is 1. The van der Waals surface area contributed by atoms with E-state index in [2.05, 4.69) is 11.4 Å². The van der Waals surface area contributed by atoms with Crippen molar-refractivity contribution < 1.29 is 9.47 Å². The second kappa shape index (κ2) is 6.83. The van der Waals surface area contributed by atoms with E-state index in [9.17, 15) is 0 Å². The fourth-order valence-corrected chi connectivity index (χ4v) is 1.34. The molecule has 0 heterocycles. The van der Waals surface area contributed by atoms with Gasteiger partial charge in [-0.3, -0.25) is 5.32 Å². The van der Waals surface area contributed by atoms with Crippen molar-refractivity contribution in [2.75, 3.05) is 27.4 Å². The van der Waals surface area contributed by atoms with E-state index in [1.807, 2.05) is 24.3 Å². The highest BCUT2D eigenvalue weighted by Crippen LogP contribution is 2.16. The predicted octanol–water partition coefficient (Wildman–Crippen LogP) is 1.50. The second-order valence-corrected chi connectivity index (χ2v) is 3.28. The third kappa shape index (κ3) is 3.54. The molecule has 1 atom stereocenters. The molecule has 0 fully saturated rings. The van der Waals surface area contributed by atoms with E-state index in [1.165, 1.54) is 0 Å². The first-order valence-electron chi connectivity index (χ1n) is 5.07. The van der Waals surface area contributed by atoms with E-state index in [-0.39, 0.29) is 6.04 Å². The maximum Gasteiger partial charge on any atom is 0.121 e. The first-order valence-corrected chi connectivity index (χ1v) is 5.07. The molecule has 0 spiro atoms. The molecule has 4 heteroatoms. The van der Waals surface area contributed by atoms with Crippen molar-refractivity contribution in [3.8, 4) is 11.8 Å². The van der Waals surface area contributed by atoms with Gasteiger partial charge in [0.05, 0.1) is 19.8 Å². The van der Waals surface area contributed by atoms with E-state index in [0.29, 0.717) is 13.2 Å². The van der Waals surface area contributed by atoms with Gasteiger partial charge in [-0.15, -0.1) is 0 Å². The lowest BCUT2D eigenvalue weighted by molar-refractivity contribution is 0.198. The molecule has 1 aromatic rings. The molecule has 16 heavy (non-hydrogen) atoms. The molecule has 0 radical (unpaired) electrons. The van der Waals surface area contributed by atoms with Gasteiger partial charge >= 0.3 is 0 Å². The number of rotatable bonds is 6. The smallest absolute Gasteiger partial charge is 0.121 e. The number of nitrogens with one attached hydrogen (secondary N) is 1. The van der Waals surface area contributed by atoms with Crippen LogP contribution in [-0.4, -0.2) is 27.4 Å². The van der Waals surface area contributed by atoms with Crippen molar-refractivity contribution in [1.82, 2.24) is 5.32 Å². The quantitative estimate of drug-likeness (QED) is 0.738. The van der Waals surface area contributed by atoms with Gasteiger partial charge in [-0.2, -0.15) is 5.26 Å². The zero-order valence-electron chi connectivity index (χ0n) is 9.56. The highest BCUT2D eigenvalue weighted by atomic mass is 16.5. The van der Waals surface area contributed by atoms with Crippen LogP contribution in [0.25, 0.3) is 0 Å². The first kappa shape index (κ1) is 12.5. The Hall–Kier alpha value is -1.57. The Balaban J connectivity index is 2.61. The molecule has 0 aromatic heterocycles. The Morgan fingerprint density at radius 2 is 2.00 bits per heavy atom. The Kier molecular flexibility index (Phi) is 5.34. The molecular weight excluding hydrogens is 204 g/mol. The van der Waals surface area contributed by atoms with Crippen LogP contribution in [-0.2, 0) is 4.74 Å². The third-order valence-corrected chi connectivity index (χ3v) is 2.23. The van der Waals surface area contributed by atoms with Gasteiger partial charge in [0.25, 0.3) is 0 Å². The van der Waals surface area contributed by atoms with Crippen LogP contribution in [0.4, 0.5) is 0 Å². The zero-order valence-corrected chi connectivity index (χ0v) is 9.56. The van der Waals surface area contributed by atoms with Gasteiger partial charge in [0, 0.05) is 13.7 Å². The normalized spacial score (nSPS) is 11.8. The Morgan fingerprint density at radius 1 is 1.31 bits per heavy atom. The van der Waals surface area contributed by atoms with Crippen molar-refractivity contribution in [1.29, 1.82) is 5.26 Å². The molecule has 4 nitrogen and oxygen atoms in total. The molecule has 1 aromatic carbocycles. The lowest BCUT2D eigenvalue weighted by atomic mass is 10.1. The summed E-state index contributed by atoms with van der Waals surface area (Å²) in [6.07, 6.45) is 0. The summed E-state index contributed by atoms with van der Waals surface area (Å²) >= 11 is 0. The van der Waals surface area contributed by atoms with Gasteiger partial charge in [0.1, 0.15) is 11.8 Å². The standard InChI is InChI=1S/C12H16N2O2/c1-15-8-7-14-12(9-13)10-3-5-11(16-2)6-4-10/h3-6,12,14H,7-8H2,1-2H3. The van der Waals surface area contributed by atoms with E-state index in [4.69, 9.17) is 14.7 Å². The van der Waals surface area contributed by atoms with Crippen molar-refractivity contribution >= 4 is 0 Å². The number of nitriles is 1. The van der Waals surface area contributed by atoms with Crippen molar-refractivity contribution in [2.24, 2.45) is 0 Å². The number of ether oxygens (including phenoxy) is 2. The van der Waals surface area contributed by atoms with Gasteiger partial charge in [0.2, 0.25) is 0 Å². The number of benzene rings is 1. The van der Waals surface area contributed by atoms with Crippen molar-refractivity contribution in [2.45, 2.75) is 6.04 Å². The molecule has 0 saturated heterocycles. The fraction of sp³-hybridized carbons (Fsp3) is 0.417. The Labute approximate surface area is 95.8 Å². The second-order valence-electron chi connectivity index (χ2n) is 3.28. The van der Waals surface area contributed by atoms with Crippen LogP contribution in [0.15, 0.2) is 24.3 Å². The zero-order chi connectivity index (χ0) is 11.8. The molecule has 0 aliphatic rings. The Bertz CT molecular complexity index is 343. The Morgan fingerprint density at radius 3 is 2.50 bits per heavy atom. The summed E-state index contributed by atoms with van der Waals surface area (Å²) in [6, 6.07) is 9.36. The molecule has 0 amide bonds. The molecule has 1 unspecified atom stereocenters. The summed E-state index contributed by atoms with van der Waals surface area (Å²) < 4.78 is 9.97. The highest BCUT2D eigenvalue weighted by molar-refractivity contribution is 5.31. The third-order valence-electron chi connectivity index (χ3n) is 2.23. The van der Waals surface area contributed by atoms with Crippen LogP contribution in [0.1, 0.15) is 11.6 Å². The van der Waals surface area contributed by atoms with Crippen LogP contribution < -0.4 is 10.1 Å². The molecule has 0 saturated carbocycles. The van der Waals surface area contributed by atoms with E-state index < -0.39 is 0 Å². The number of methoxy groups -OCH3 is 2. The van der Waals surface area contributed by atoms with Crippen LogP contribution >= 0.6 is 0 Å². The summed E-state index contributed by atoms with van der Waals surface area (Å²) in [5.41, 5.74) is 0.930. The maximum absolute atomic E-state index is 9.02. The fourth-order valence-electron chi connectivity index (χ4n) is 1.34. The molecule has 1 rings (SSSR count). The van der Waals surface area contributed by atoms with Gasteiger partial charge in [-0.25, -0.2) is 0 Å².